The maximum Gasteiger partial charge on any atom is 0.0208 e. The van der Waals surface area contributed by atoms with Crippen LogP contribution in [-0.4, -0.2) is 7.05 Å². The third-order valence-electron chi connectivity index (χ3n) is 2.57. The van der Waals surface area contributed by atoms with Gasteiger partial charge in [-0.1, -0.05) is 36.4 Å². The molecule has 0 atom stereocenters. The van der Waals surface area contributed by atoms with Crippen molar-refractivity contribution in [1.82, 2.24) is 5.32 Å². The molecule has 0 unspecified atom stereocenters. The Morgan fingerprint density at radius 1 is 1.07 bits per heavy atom. The standard InChI is InChI=1S/C13H15N/c1-10-5-3-6-11-7-4-8-12(9-14-2)13(10)11/h3-8,14H,9H2,1-2H3. The number of aryl methyl sites for hydroxylation is 1. The molecule has 0 saturated carbocycles. The van der Waals surface area contributed by atoms with Gasteiger partial charge in [0.05, 0.1) is 0 Å². The maximum atomic E-state index is 3.20. The second-order valence-electron chi connectivity index (χ2n) is 3.62. The molecule has 0 fully saturated rings. The van der Waals surface area contributed by atoms with Gasteiger partial charge in [0.25, 0.3) is 0 Å². The molecule has 0 saturated heterocycles. The molecule has 0 amide bonds. The van der Waals surface area contributed by atoms with Crippen molar-refractivity contribution in [3.63, 3.8) is 0 Å². The second-order valence-corrected chi connectivity index (χ2v) is 3.62. The summed E-state index contributed by atoms with van der Waals surface area (Å²) in [6.45, 7) is 3.10. The van der Waals surface area contributed by atoms with Crippen molar-refractivity contribution in [2.45, 2.75) is 13.5 Å². The summed E-state index contributed by atoms with van der Waals surface area (Å²) in [5.41, 5.74) is 2.73. The zero-order valence-corrected chi connectivity index (χ0v) is 8.67. The Bertz CT molecular complexity index is 441. The third-order valence-corrected chi connectivity index (χ3v) is 2.57. The first-order valence-corrected chi connectivity index (χ1v) is 4.95. The Morgan fingerprint density at radius 3 is 2.50 bits per heavy atom. The highest BCUT2D eigenvalue weighted by atomic mass is 14.8. The Hall–Kier alpha value is -1.34. The van der Waals surface area contributed by atoms with Crippen molar-refractivity contribution in [2.75, 3.05) is 7.05 Å². The molecule has 14 heavy (non-hydrogen) atoms. The fourth-order valence-electron chi connectivity index (χ4n) is 1.96. The lowest BCUT2D eigenvalue weighted by Gasteiger charge is -2.08. The van der Waals surface area contributed by atoms with Crippen LogP contribution in [0.25, 0.3) is 10.8 Å². The van der Waals surface area contributed by atoms with E-state index in [1.807, 2.05) is 7.05 Å². The van der Waals surface area contributed by atoms with Gasteiger partial charge in [-0.15, -0.1) is 0 Å². The van der Waals surface area contributed by atoms with Gasteiger partial charge in [0.15, 0.2) is 0 Å². The smallest absolute Gasteiger partial charge is 0.0208 e. The highest BCUT2D eigenvalue weighted by molar-refractivity contribution is 5.88. The molecule has 2 aromatic carbocycles. The van der Waals surface area contributed by atoms with E-state index in [9.17, 15) is 0 Å². The summed E-state index contributed by atoms with van der Waals surface area (Å²) in [6, 6.07) is 12.9. The van der Waals surface area contributed by atoms with Crippen molar-refractivity contribution >= 4 is 10.8 Å². The van der Waals surface area contributed by atoms with Crippen LogP contribution in [0.4, 0.5) is 0 Å². The number of hydrogen-bond donors (Lipinski definition) is 1. The molecule has 1 nitrogen and oxygen atoms in total. The van der Waals surface area contributed by atoms with Crippen LogP contribution in [0.3, 0.4) is 0 Å². The zero-order chi connectivity index (χ0) is 9.97. The molecule has 0 aliphatic rings. The van der Waals surface area contributed by atoms with E-state index in [2.05, 4.69) is 48.6 Å². The lowest BCUT2D eigenvalue weighted by Crippen LogP contribution is -2.05. The van der Waals surface area contributed by atoms with E-state index in [0.29, 0.717) is 0 Å². The normalized spacial score (nSPS) is 10.7. The van der Waals surface area contributed by atoms with Gasteiger partial charge in [-0.2, -0.15) is 0 Å². The molecule has 2 rings (SSSR count). The third kappa shape index (κ3) is 1.51. The number of nitrogens with one attached hydrogen (secondary N) is 1. The average Bonchev–Trinajstić information content (AvgIpc) is 2.19. The number of rotatable bonds is 2. The minimum absolute atomic E-state index is 0.933. The molecular weight excluding hydrogens is 170 g/mol. The molecule has 0 aliphatic heterocycles. The predicted octanol–water partition coefficient (Wildman–Crippen LogP) is 2.87. The quantitative estimate of drug-likeness (QED) is 0.758. The van der Waals surface area contributed by atoms with Crippen LogP contribution in [-0.2, 0) is 6.54 Å². The van der Waals surface area contributed by atoms with Crippen LogP contribution in [0.2, 0.25) is 0 Å². The Labute approximate surface area is 84.8 Å². The monoisotopic (exact) mass is 185 g/mol. The van der Waals surface area contributed by atoms with E-state index in [-0.39, 0.29) is 0 Å². The van der Waals surface area contributed by atoms with E-state index in [0.717, 1.165) is 6.54 Å². The van der Waals surface area contributed by atoms with Crippen LogP contribution in [0.1, 0.15) is 11.1 Å². The highest BCUT2D eigenvalue weighted by Gasteiger charge is 2.01. The number of hydrogen-bond acceptors (Lipinski definition) is 1. The summed E-state index contributed by atoms with van der Waals surface area (Å²) in [5, 5.41) is 5.93. The summed E-state index contributed by atoms with van der Waals surface area (Å²) >= 11 is 0. The molecule has 0 aliphatic carbocycles. The lowest BCUT2D eigenvalue weighted by atomic mass is 10.0. The molecular formula is C13H15N. The fraction of sp³-hybridized carbons (Fsp3) is 0.231. The van der Waals surface area contributed by atoms with Gasteiger partial charge < -0.3 is 5.32 Å². The minimum atomic E-state index is 0.933. The van der Waals surface area contributed by atoms with Crippen LogP contribution in [0.5, 0.6) is 0 Å². The molecule has 0 heterocycles. The van der Waals surface area contributed by atoms with Gasteiger partial charge in [0.1, 0.15) is 0 Å². The summed E-state index contributed by atoms with van der Waals surface area (Å²) in [5.74, 6) is 0. The van der Waals surface area contributed by atoms with E-state index in [4.69, 9.17) is 0 Å². The molecule has 0 bridgehead atoms. The number of benzene rings is 2. The summed E-state index contributed by atoms with van der Waals surface area (Å²) < 4.78 is 0. The lowest BCUT2D eigenvalue weighted by molar-refractivity contribution is 0.823. The molecule has 2 aromatic rings. The average molecular weight is 185 g/mol. The Kier molecular flexibility index (Phi) is 2.51. The molecule has 1 N–H and O–H groups in total. The van der Waals surface area contributed by atoms with Crippen LogP contribution in [0.15, 0.2) is 36.4 Å². The number of fused-ring (bicyclic) bond motifs is 1. The van der Waals surface area contributed by atoms with E-state index in [1.54, 1.807) is 0 Å². The van der Waals surface area contributed by atoms with Crippen molar-refractivity contribution in [2.24, 2.45) is 0 Å². The van der Waals surface area contributed by atoms with E-state index >= 15 is 0 Å². The summed E-state index contributed by atoms with van der Waals surface area (Å²) in [7, 11) is 1.98. The predicted molar refractivity (Wildman–Crippen MR) is 61.4 cm³/mol. The van der Waals surface area contributed by atoms with E-state index in [1.165, 1.54) is 21.9 Å². The van der Waals surface area contributed by atoms with Crippen LogP contribution < -0.4 is 5.32 Å². The van der Waals surface area contributed by atoms with Crippen LogP contribution >= 0.6 is 0 Å². The first kappa shape index (κ1) is 9.22. The first-order chi connectivity index (χ1) is 6.83. The molecule has 72 valence electrons. The van der Waals surface area contributed by atoms with Gasteiger partial charge in [0, 0.05) is 6.54 Å². The fourth-order valence-corrected chi connectivity index (χ4v) is 1.96. The van der Waals surface area contributed by atoms with Crippen molar-refractivity contribution < 1.29 is 0 Å². The van der Waals surface area contributed by atoms with Crippen molar-refractivity contribution in [3.05, 3.63) is 47.5 Å². The van der Waals surface area contributed by atoms with Crippen molar-refractivity contribution in [3.8, 4) is 0 Å². The maximum absolute atomic E-state index is 3.20. The molecule has 0 spiro atoms. The first-order valence-electron chi connectivity index (χ1n) is 4.95. The van der Waals surface area contributed by atoms with Gasteiger partial charge in [-0.25, -0.2) is 0 Å². The molecule has 1 heteroatoms. The Morgan fingerprint density at radius 2 is 1.79 bits per heavy atom. The SMILES string of the molecule is CNCc1cccc2cccc(C)c12. The minimum Gasteiger partial charge on any atom is -0.316 e. The second kappa shape index (κ2) is 3.81. The highest BCUT2D eigenvalue weighted by Crippen LogP contribution is 2.22. The van der Waals surface area contributed by atoms with Gasteiger partial charge in [-0.05, 0) is 35.9 Å². The zero-order valence-electron chi connectivity index (χ0n) is 8.67. The molecule has 0 radical (unpaired) electrons. The summed E-state index contributed by atoms with van der Waals surface area (Å²) in [6.07, 6.45) is 0. The largest absolute Gasteiger partial charge is 0.316 e. The van der Waals surface area contributed by atoms with E-state index < -0.39 is 0 Å². The van der Waals surface area contributed by atoms with Gasteiger partial charge in [0.2, 0.25) is 0 Å². The summed E-state index contributed by atoms with van der Waals surface area (Å²) in [4.78, 5) is 0. The van der Waals surface area contributed by atoms with Crippen LogP contribution in [0, 0.1) is 6.92 Å². The van der Waals surface area contributed by atoms with Gasteiger partial charge in [-0.3, -0.25) is 0 Å². The molecule has 0 aromatic heterocycles. The van der Waals surface area contributed by atoms with Crippen molar-refractivity contribution in [1.29, 1.82) is 0 Å². The Balaban J connectivity index is 2.71. The van der Waals surface area contributed by atoms with Gasteiger partial charge >= 0.3 is 0 Å². The topological polar surface area (TPSA) is 12.0 Å².